The van der Waals surface area contributed by atoms with Crippen molar-refractivity contribution in [3.63, 3.8) is 0 Å². The van der Waals surface area contributed by atoms with E-state index in [4.69, 9.17) is 4.74 Å². The minimum absolute atomic E-state index is 0.0631. The molecule has 4 nitrogen and oxygen atoms in total. The van der Waals surface area contributed by atoms with Crippen LogP contribution in [-0.2, 0) is 24.0 Å². The summed E-state index contributed by atoms with van der Waals surface area (Å²) in [5, 5.41) is 4.30. The first-order valence-corrected chi connectivity index (χ1v) is 11.2. The normalized spacial score (nSPS) is 23.0. The average molecular weight is 381 g/mol. The lowest BCUT2D eigenvalue weighted by Gasteiger charge is -2.33. The highest BCUT2D eigenvalue weighted by Gasteiger charge is 2.31. The molecule has 1 aliphatic heterocycles. The number of H-pyrrole nitrogens is 1. The molecule has 1 unspecified atom stereocenters. The zero-order valence-corrected chi connectivity index (χ0v) is 17.0. The number of benzene rings is 1. The topological polar surface area (TPSA) is 54.1 Å². The van der Waals surface area contributed by atoms with E-state index < -0.39 is 0 Å². The summed E-state index contributed by atoms with van der Waals surface area (Å²) >= 11 is 0. The number of carbonyl (C=O) groups excluding carboxylic acids is 1. The van der Waals surface area contributed by atoms with Crippen molar-refractivity contribution in [1.82, 2.24) is 10.3 Å². The molecule has 2 aliphatic carbocycles. The monoisotopic (exact) mass is 380 g/mol. The molecule has 4 heteroatoms. The van der Waals surface area contributed by atoms with Gasteiger partial charge in [-0.25, -0.2) is 0 Å². The van der Waals surface area contributed by atoms with Crippen molar-refractivity contribution in [3.05, 3.63) is 34.5 Å². The van der Waals surface area contributed by atoms with Crippen molar-refractivity contribution < 1.29 is 9.53 Å². The third-order valence-electron chi connectivity index (χ3n) is 7.15. The van der Waals surface area contributed by atoms with Crippen molar-refractivity contribution in [2.24, 2.45) is 17.8 Å². The van der Waals surface area contributed by atoms with Gasteiger partial charge in [0, 0.05) is 41.9 Å². The molecular formula is C24H32N2O2. The van der Waals surface area contributed by atoms with Crippen molar-refractivity contribution in [1.29, 1.82) is 0 Å². The van der Waals surface area contributed by atoms with Gasteiger partial charge in [0.2, 0.25) is 0 Å². The highest BCUT2D eigenvalue weighted by Crippen LogP contribution is 2.40. The second-order valence-corrected chi connectivity index (χ2v) is 9.10. The number of aromatic amines is 1. The predicted molar refractivity (Wildman–Crippen MR) is 112 cm³/mol. The van der Waals surface area contributed by atoms with Crippen LogP contribution in [0.15, 0.2) is 12.1 Å². The summed E-state index contributed by atoms with van der Waals surface area (Å²) in [7, 11) is 0. The molecule has 2 aromatic rings. The first-order valence-electron chi connectivity index (χ1n) is 11.2. The van der Waals surface area contributed by atoms with Crippen LogP contribution in [0.3, 0.4) is 0 Å². The number of rotatable bonds is 5. The molecule has 1 saturated carbocycles. The number of carbonyl (C=O) groups is 1. The van der Waals surface area contributed by atoms with Crippen molar-refractivity contribution in [2.75, 3.05) is 19.8 Å². The summed E-state index contributed by atoms with van der Waals surface area (Å²) in [4.78, 5) is 16.4. The molecule has 150 valence electrons. The van der Waals surface area contributed by atoms with Gasteiger partial charge in [-0.3, -0.25) is 4.79 Å². The Morgan fingerprint density at radius 1 is 1.14 bits per heavy atom. The van der Waals surface area contributed by atoms with E-state index in [1.807, 2.05) is 6.92 Å². The maximum Gasteiger partial charge on any atom is 0.251 e. The molecule has 5 rings (SSSR count). The number of nitrogens with one attached hydrogen (secondary N) is 2. The lowest BCUT2D eigenvalue weighted by atomic mass is 9.75. The smallest absolute Gasteiger partial charge is 0.251 e. The van der Waals surface area contributed by atoms with Gasteiger partial charge in [0.1, 0.15) is 0 Å². The van der Waals surface area contributed by atoms with E-state index >= 15 is 0 Å². The molecule has 0 spiro atoms. The number of aromatic nitrogens is 1. The van der Waals surface area contributed by atoms with E-state index in [1.54, 1.807) is 0 Å². The summed E-state index contributed by atoms with van der Waals surface area (Å²) in [5.41, 5.74) is 6.39. The van der Waals surface area contributed by atoms with Gasteiger partial charge < -0.3 is 15.0 Å². The lowest BCUT2D eigenvalue weighted by molar-refractivity contribution is 0.0439. The predicted octanol–water partition coefficient (Wildman–Crippen LogP) is 4.40. The first-order chi connectivity index (χ1) is 13.7. The minimum Gasteiger partial charge on any atom is -0.381 e. The zero-order valence-electron chi connectivity index (χ0n) is 17.0. The first kappa shape index (κ1) is 18.2. The van der Waals surface area contributed by atoms with Crippen LogP contribution in [0.4, 0.5) is 0 Å². The molecule has 1 aromatic heterocycles. The fraction of sp³-hybridized carbons (Fsp3) is 0.625. The summed E-state index contributed by atoms with van der Waals surface area (Å²) in [5.74, 6) is 2.43. The van der Waals surface area contributed by atoms with Gasteiger partial charge >= 0.3 is 0 Å². The SMILES string of the molecule is CCNC(=O)c1cc(CC2CC2)c2[nH]c3c(c2c1)CC(C1CCOCC1)CC3. The third kappa shape index (κ3) is 3.47. The maximum absolute atomic E-state index is 12.6. The number of amides is 1. The molecular weight excluding hydrogens is 348 g/mol. The van der Waals surface area contributed by atoms with Crippen LogP contribution in [0.5, 0.6) is 0 Å². The summed E-state index contributed by atoms with van der Waals surface area (Å²) in [6, 6.07) is 4.29. The van der Waals surface area contributed by atoms with Gasteiger partial charge in [0.25, 0.3) is 5.91 Å². The van der Waals surface area contributed by atoms with Gasteiger partial charge in [0.05, 0.1) is 0 Å². The zero-order chi connectivity index (χ0) is 19.1. The van der Waals surface area contributed by atoms with Gasteiger partial charge in [0.15, 0.2) is 0 Å². The molecule has 2 fully saturated rings. The number of hydrogen-bond donors (Lipinski definition) is 2. The fourth-order valence-electron chi connectivity index (χ4n) is 5.39. The Hall–Kier alpha value is -1.81. The molecule has 0 bridgehead atoms. The quantitative estimate of drug-likeness (QED) is 0.808. The van der Waals surface area contributed by atoms with E-state index in [2.05, 4.69) is 22.4 Å². The highest BCUT2D eigenvalue weighted by atomic mass is 16.5. The van der Waals surface area contributed by atoms with E-state index in [9.17, 15) is 4.79 Å². The second kappa shape index (κ2) is 7.55. The van der Waals surface area contributed by atoms with Crippen molar-refractivity contribution in [3.8, 4) is 0 Å². The number of hydrogen-bond acceptors (Lipinski definition) is 2. The average Bonchev–Trinajstić information content (AvgIpc) is 3.46. The van der Waals surface area contributed by atoms with E-state index in [1.165, 1.54) is 59.8 Å². The van der Waals surface area contributed by atoms with Crippen LogP contribution in [-0.4, -0.2) is 30.6 Å². The summed E-state index contributed by atoms with van der Waals surface area (Å²) in [6.45, 7) is 4.51. The fourth-order valence-corrected chi connectivity index (χ4v) is 5.39. The maximum atomic E-state index is 12.6. The van der Waals surface area contributed by atoms with Gasteiger partial charge in [-0.15, -0.1) is 0 Å². The lowest BCUT2D eigenvalue weighted by Crippen LogP contribution is -2.27. The Morgan fingerprint density at radius 2 is 1.96 bits per heavy atom. The van der Waals surface area contributed by atoms with Crippen molar-refractivity contribution >= 4 is 16.8 Å². The Labute approximate surface area is 167 Å². The van der Waals surface area contributed by atoms with Crippen LogP contribution in [0.25, 0.3) is 10.9 Å². The molecule has 1 saturated heterocycles. The molecule has 2 N–H and O–H groups in total. The highest BCUT2D eigenvalue weighted by molar-refractivity contribution is 6.00. The standard InChI is InChI=1S/C24H32N2O2/c1-2-25-24(27)19-12-18(11-15-3-4-15)23-21(14-19)20-13-17(5-6-22(20)26-23)16-7-9-28-10-8-16/h12,14-17,26H,2-11,13H2,1H3,(H,25,27). The number of aryl methyl sites for hydroxylation is 1. The summed E-state index contributed by atoms with van der Waals surface area (Å²) in [6.07, 6.45) is 9.77. The van der Waals surface area contributed by atoms with Gasteiger partial charge in [-0.05, 0) is 99.3 Å². The van der Waals surface area contributed by atoms with Crippen molar-refractivity contribution in [2.45, 2.75) is 58.3 Å². The van der Waals surface area contributed by atoms with Gasteiger partial charge in [-0.2, -0.15) is 0 Å². The molecule has 1 amide bonds. The van der Waals surface area contributed by atoms with E-state index in [0.717, 1.165) is 55.8 Å². The van der Waals surface area contributed by atoms with Crippen LogP contribution in [0, 0.1) is 17.8 Å². The van der Waals surface area contributed by atoms with Gasteiger partial charge in [-0.1, -0.05) is 0 Å². The number of ether oxygens (including phenoxy) is 1. The second-order valence-electron chi connectivity index (χ2n) is 9.10. The number of fused-ring (bicyclic) bond motifs is 3. The Bertz CT molecular complexity index is 874. The Kier molecular flexibility index (Phi) is 4.92. The van der Waals surface area contributed by atoms with E-state index in [-0.39, 0.29) is 5.91 Å². The van der Waals surface area contributed by atoms with E-state index in [0.29, 0.717) is 6.54 Å². The van der Waals surface area contributed by atoms with Crippen LogP contribution >= 0.6 is 0 Å². The largest absolute Gasteiger partial charge is 0.381 e. The minimum atomic E-state index is 0.0631. The molecule has 0 radical (unpaired) electrons. The Morgan fingerprint density at radius 3 is 2.71 bits per heavy atom. The molecule has 2 heterocycles. The summed E-state index contributed by atoms with van der Waals surface area (Å²) < 4.78 is 5.59. The van der Waals surface area contributed by atoms with Crippen LogP contribution < -0.4 is 5.32 Å². The molecule has 1 atom stereocenters. The van der Waals surface area contributed by atoms with Crippen LogP contribution in [0.2, 0.25) is 0 Å². The molecule has 1 aromatic carbocycles. The third-order valence-corrected chi connectivity index (χ3v) is 7.15. The molecule has 3 aliphatic rings. The van der Waals surface area contributed by atoms with Crippen LogP contribution in [0.1, 0.15) is 66.2 Å². The molecule has 28 heavy (non-hydrogen) atoms. The Balaban J connectivity index is 1.52.